The molecule has 0 amide bonds. The molecule has 0 N–H and O–H groups in total. The van der Waals surface area contributed by atoms with Gasteiger partial charge in [0.05, 0.1) is 0 Å². The van der Waals surface area contributed by atoms with Crippen molar-refractivity contribution in [2.45, 2.75) is 131 Å². The molecule has 6 heteroatoms. The third-order valence-corrected chi connectivity index (χ3v) is 7.27. The van der Waals surface area contributed by atoms with Crippen molar-refractivity contribution in [3.63, 3.8) is 0 Å². The summed E-state index contributed by atoms with van der Waals surface area (Å²) in [4.78, 5) is 24.6. The van der Waals surface area contributed by atoms with Crippen molar-refractivity contribution >= 4 is 0 Å². The maximum Gasteiger partial charge on any atom is 0.133 e. The molecule has 0 aliphatic rings. The Morgan fingerprint density at radius 1 is 0.320 bits per heavy atom. The van der Waals surface area contributed by atoms with Gasteiger partial charge in [0.25, 0.3) is 0 Å². The Morgan fingerprint density at radius 2 is 0.760 bits per heavy atom. The van der Waals surface area contributed by atoms with Gasteiger partial charge < -0.3 is 0 Å². The van der Waals surface area contributed by atoms with Gasteiger partial charge in [0, 0.05) is 72.3 Å². The molecule has 0 fully saturated rings. The molecular formula is C44H64N6. The molecule has 5 rings (SSSR count). The zero-order valence-electron chi connectivity index (χ0n) is 33.7. The van der Waals surface area contributed by atoms with Crippen molar-refractivity contribution < 1.29 is 0 Å². The van der Waals surface area contributed by atoms with Gasteiger partial charge in [0.15, 0.2) is 0 Å². The van der Waals surface area contributed by atoms with E-state index in [1.807, 2.05) is 61.3 Å². The normalized spacial score (nSPS) is 11.5. The zero-order chi connectivity index (χ0) is 38.1. The zero-order valence-corrected chi connectivity index (χ0v) is 33.7. The van der Waals surface area contributed by atoms with Crippen molar-refractivity contribution in [3.8, 4) is 0 Å². The van der Waals surface area contributed by atoms with Gasteiger partial charge in [-0.1, -0.05) is 122 Å². The van der Waals surface area contributed by atoms with Crippen molar-refractivity contribution in [2.24, 2.45) is 0 Å². The number of hydrogen-bond acceptors (Lipinski definition) is 6. The SMILES string of the molecule is CC(C)(C)c1ccccn1.CC(C)(C)c1cccnc1.CC(C)(C)c1cccnc1.CC(C)(C)c1ccncc1.CC(C)(C)c1ncccn1. The van der Waals surface area contributed by atoms with E-state index in [0.29, 0.717) is 0 Å². The summed E-state index contributed by atoms with van der Waals surface area (Å²) in [5.41, 5.74) is 6.02. The molecule has 0 saturated carbocycles. The molecule has 5 heterocycles. The van der Waals surface area contributed by atoms with Crippen LogP contribution in [0, 0.1) is 0 Å². The number of nitrogens with zero attached hydrogens (tertiary/aromatic N) is 6. The summed E-state index contributed by atoms with van der Waals surface area (Å²) < 4.78 is 0. The Balaban J connectivity index is 0.000000312. The summed E-state index contributed by atoms with van der Waals surface area (Å²) in [5, 5.41) is 0. The first-order valence-electron chi connectivity index (χ1n) is 17.4. The molecule has 0 aliphatic heterocycles. The summed E-state index contributed by atoms with van der Waals surface area (Å²) in [5.74, 6) is 0.898. The highest BCUT2D eigenvalue weighted by Gasteiger charge is 2.16. The Labute approximate surface area is 304 Å². The van der Waals surface area contributed by atoms with Crippen LogP contribution in [0.25, 0.3) is 0 Å². The van der Waals surface area contributed by atoms with Gasteiger partial charge in [-0.2, -0.15) is 0 Å². The molecule has 0 saturated heterocycles. The minimum atomic E-state index is 0.0707. The van der Waals surface area contributed by atoms with Crippen LogP contribution in [0.5, 0.6) is 0 Å². The Kier molecular flexibility index (Phi) is 17.3. The molecule has 0 aliphatic carbocycles. The van der Waals surface area contributed by atoms with Crippen LogP contribution in [0.3, 0.4) is 0 Å². The van der Waals surface area contributed by atoms with Gasteiger partial charge in [-0.3, -0.25) is 19.9 Å². The number of rotatable bonds is 0. The van der Waals surface area contributed by atoms with Crippen LogP contribution >= 0.6 is 0 Å². The first-order valence-corrected chi connectivity index (χ1v) is 17.4. The lowest BCUT2D eigenvalue weighted by molar-refractivity contribution is 0.545. The van der Waals surface area contributed by atoms with E-state index in [2.05, 4.69) is 164 Å². The summed E-state index contributed by atoms with van der Waals surface area (Å²) in [6.45, 7) is 32.5. The second-order valence-corrected chi connectivity index (χ2v) is 17.3. The van der Waals surface area contributed by atoms with Gasteiger partial charge in [-0.05, 0) is 75.4 Å². The average molecular weight is 677 g/mol. The highest BCUT2D eigenvalue weighted by atomic mass is 14.9. The molecule has 5 aromatic rings. The fourth-order valence-electron chi connectivity index (χ4n) is 3.96. The molecule has 6 nitrogen and oxygen atoms in total. The van der Waals surface area contributed by atoms with E-state index in [0.717, 1.165) is 11.5 Å². The maximum atomic E-state index is 4.25. The van der Waals surface area contributed by atoms with Crippen molar-refractivity contribution in [1.82, 2.24) is 29.9 Å². The molecule has 0 aromatic carbocycles. The molecule has 50 heavy (non-hydrogen) atoms. The fraction of sp³-hybridized carbons (Fsp3) is 0.455. The number of pyridine rings is 4. The quantitative estimate of drug-likeness (QED) is 0.162. The third-order valence-electron chi connectivity index (χ3n) is 7.27. The topological polar surface area (TPSA) is 77.3 Å². The second-order valence-electron chi connectivity index (χ2n) is 17.3. The van der Waals surface area contributed by atoms with Crippen molar-refractivity contribution in [3.05, 3.63) is 145 Å². The van der Waals surface area contributed by atoms with Gasteiger partial charge in [0.1, 0.15) is 5.82 Å². The third kappa shape index (κ3) is 18.4. The fourth-order valence-corrected chi connectivity index (χ4v) is 3.96. The van der Waals surface area contributed by atoms with Gasteiger partial charge >= 0.3 is 0 Å². The van der Waals surface area contributed by atoms with Crippen LogP contribution in [0.2, 0.25) is 0 Å². The minimum absolute atomic E-state index is 0.0707. The largest absolute Gasteiger partial charge is 0.265 e. The summed E-state index contributed by atoms with van der Waals surface area (Å²) in [6.07, 6.45) is 16.5. The monoisotopic (exact) mass is 677 g/mol. The molecule has 0 radical (unpaired) electrons. The minimum Gasteiger partial charge on any atom is -0.265 e. The second kappa shape index (κ2) is 19.8. The highest BCUT2D eigenvalue weighted by molar-refractivity contribution is 5.19. The van der Waals surface area contributed by atoms with Crippen molar-refractivity contribution in [1.29, 1.82) is 0 Å². The lowest BCUT2D eigenvalue weighted by atomic mass is 9.88. The van der Waals surface area contributed by atoms with E-state index < -0.39 is 0 Å². The Bertz CT molecular complexity index is 1270. The summed E-state index contributed by atoms with van der Waals surface area (Å²) in [6, 6.07) is 20.1. The predicted molar refractivity (Wildman–Crippen MR) is 212 cm³/mol. The Hall–Kier alpha value is -4.32. The van der Waals surface area contributed by atoms with E-state index in [1.165, 1.54) is 16.7 Å². The van der Waals surface area contributed by atoms with Crippen LogP contribution < -0.4 is 0 Å². The summed E-state index contributed by atoms with van der Waals surface area (Å²) >= 11 is 0. The van der Waals surface area contributed by atoms with E-state index in [4.69, 9.17) is 0 Å². The van der Waals surface area contributed by atoms with E-state index in [1.54, 1.807) is 24.8 Å². The number of aromatic nitrogens is 6. The van der Waals surface area contributed by atoms with Crippen LogP contribution in [-0.4, -0.2) is 29.9 Å². The van der Waals surface area contributed by atoms with Crippen LogP contribution in [0.1, 0.15) is 132 Å². The molecule has 0 atom stereocenters. The summed E-state index contributed by atoms with van der Waals surface area (Å²) in [7, 11) is 0. The average Bonchev–Trinajstić information content (AvgIpc) is 3.06. The van der Waals surface area contributed by atoms with E-state index in [9.17, 15) is 0 Å². The van der Waals surface area contributed by atoms with Crippen LogP contribution in [0.15, 0.2) is 116 Å². The van der Waals surface area contributed by atoms with Crippen LogP contribution in [0.4, 0.5) is 0 Å². The number of hydrogen-bond donors (Lipinski definition) is 0. The highest BCUT2D eigenvalue weighted by Crippen LogP contribution is 2.22. The maximum absolute atomic E-state index is 4.25. The van der Waals surface area contributed by atoms with Crippen LogP contribution in [-0.2, 0) is 27.1 Å². The van der Waals surface area contributed by atoms with Crippen molar-refractivity contribution in [2.75, 3.05) is 0 Å². The first kappa shape index (κ1) is 43.7. The molecule has 5 aromatic heterocycles. The Morgan fingerprint density at radius 3 is 1.00 bits per heavy atom. The first-order chi connectivity index (χ1) is 23.0. The smallest absolute Gasteiger partial charge is 0.133 e. The molecule has 0 bridgehead atoms. The molecule has 0 spiro atoms. The lowest BCUT2D eigenvalue weighted by Crippen LogP contribution is -2.14. The molecule has 0 unspecified atom stereocenters. The van der Waals surface area contributed by atoms with Gasteiger partial charge in [-0.15, -0.1) is 0 Å². The molecular weight excluding hydrogens is 613 g/mol. The van der Waals surface area contributed by atoms with E-state index in [-0.39, 0.29) is 27.1 Å². The van der Waals surface area contributed by atoms with E-state index >= 15 is 0 Å². The standard InChI is InChI=1S/4C9H13N.C8H12N2/c1-9(2,3)8-4-6-10-7-5-8;2*1-9(2,3)8-5-4-6-10-7-8;1-9(2,3)8-6-4-5-7-10-8;1-8(2,3)7-9-5-4-6-10-7/h4*4-7H,1-3H3;4-6H,1-3H3. The van der Waals surface area contributed by atoms with Gasteiger partial charge in [-0.25, -0.2) is 9.97 Å². The van der Waals surface area contributed by atoms with Gasteiger partial charge in [0.2, 0.25) is 0 Å². The predicted octanol–water partition coefficient (Wildman–Crippen LogP) is 11.3. The molecule has 270 valence electrons. The lowest BCUT2D eigenvalue weighted by Gasteiger charge is -2.17.